The van der Waals surface area contributed by atoms with Crippen molar-refractivity contribution in [1.29, 1.82) is 0 Å². The van der Waals surface area contributed by atoms with Crippen LogP contribution in [0.2, 0.25) is 0 Å². The molecule has 0 radical (unpaired) electrons. The summed E-state index contributed by atoms with van der Waals surface area (Å²) >= 11 is 0. The van der Waals surface area contributed by atoms with E-state index in [4.69, 9.17) is 4.74 Å². The topological polar surface area (TPSA) is 75.7 Å². The average molecular weight is 423 g/mol. The largest absolute Gasteiger partial charge is 0.484 e. The molecule has 31 heavy (non-hydrogen) atoms. The molecule has 0 atom stereocenters. The van der Waals surface area contributed by atoms with E-state index in [1.807, 2.05) is 50.2 Å². The molecule has 3 rings (SSSR count). The van der Waals surface area contributed by atoms with Crippen LogP contribution in [0.25, 0.3) is 0 Å². The predicted molar refractivity (Wildman–Crippen MR) is 119 cm³/mol. The van der Waals surface area contributed by atoms with Crippen LogP contribution in [0.15, 0.2) is 48.5 Å². The molecule has 0 aromatic heterocycles. The van der Waals surface area contributed by atoms with Crippen molar-refractivity contribution in [3.8, 4) is 5.75 Å². The number of likely N-dealkylation sites (tertiary alicyclic amines) is 1. The minimum Gasteiger partial charge on any atom is -0.484 e. The SMILES string of the molecule is Cc1ccc(OCC(=O)NC2CCN(C(=O)CCC(=O)c3ccc(C)cc3)CC2)cc1. The van der Waals surface area contributed by atoms with Gasteiger partial charge in [0.1, 0.15) is 5.75 Å². The number of aryl methyl sites for hydroxylation is 2. The summed E-state index contributed by atoms with van der Waals surface area (Å²) in [5, 5.41) is 2.98. The second-order valence-electron chi connectivity index (χ2n) is 8.11. The van der Waals surface area contributed by atoms with Crippen LogP contribution in [0.4, 0.5) is 0 Å². The van der Waals surface area contributed by atoms with E-state index in [1.54, 1.807) is 17.0 Å². The highest BCUT2D eigenvalue weighted by Crippen LogP contribution is 2.15. The molecule has 1 fully saturated rings. The molecule has 2 amide bonds. The molecule has 6 heteroatoms. The monoisotopic (exact) mass is 422 g/mol. The molecular weight excluding hydrogens is 392 g/mol. The number of Topliss-reactive ketones (excluding diaryl/α,β-unsaturated/α-hetero) is 1. The molecule has 0 aliphatic carbocycles. The van der Waals surface area contributed by atoms with Gasteiger partial charge in [-0.25, -0.2) is 0 Å². The first-order chi connectivity index (χ1) is 14.9. The Morgan fingerprint density at radius 1 is 0.903 bits per heavy atom. The number of ketones is 1. The number of rotatable bonds is 8. The van der Waals surface area contributed by atoms with E-state index in [0.717, 1.165) is 11.1 Å². The lowest BCUT2D eigenvalue weighted by Gasteiger charge is -2.32. The van der Waals surface area contributed by atoms with Crippen LogP contribution in [0.1, 0.15) is 47.2 Å². The van der Waals surface area contributed by atoms with E-state index in [2.05, 4.69) is 5.32 Å². The van der Waals surface area contributed by atoms with Crippen molar-refractivity contribution in [2.24, 2.45) is 0 Å². The lowest BCUT2D eigenvalue weighted by atomic mass is 10.0. The second-order valence-corrected chi connectivity index (χ2v) is 8.11. The Hall–Kier alpha value is -3.15. The van der Waals surface area contributed by atoms with Crippen molar-refractivity contribution in [3.63, 3.8) is 0 Å². The normalized spacial score (nSPS) is 14.2. The van der Waals surface area contributed by atoms with Crippen molar-refractivity contribution in [1.82, 2.24) is 10.2 Å². The molecule has 6 nitrogen and oxygen atoms in total. The fraction of sp³-hybridized carbons (Fsp3) is 0.400. The molecule has 1 aliphatic heterocycles. The average Bonchev–Trinajstić information content (AvgIpc) is 2.78. The minimum atomic E-state index is -0.158. The molecule has 2 aromatic carbocycles. The van der Waals surface area contributed by atoms with Crippen LogP contribution >= 0.6 is 0 Å². The van der Waals surface area contributed by atoms with Crippen molar-refractivity contribution >= 4 is 17.6 Å². The number of carbonyl (C=O) groups excluding carboxylic acids is 3. The fourth-order valence-electron chi connectivity index (χ4n) is 3.59. The van der Waals surface area contributed by atoms with Gasteiger partial charge in [-0.15, -0.1) is 0 Å². The van der Waals surface area contributed by atoms with E-state index in [-0.39, 0.29) is 43.1 Å². The Kier molecular flexibility index (Phi) is 7.82. The standard InChI is InChI=1S/C25H30N2O4/c1-18-3-7-20(8-4-18)23(28)11-12-25(30)27-15-13-21(14-16-27)26-24(29)17-31-22-9-5-19(2)6-10-22/h3-10,21H,11-17H2,1-2H3,(H,26,29). The Morgan fingerprint density at radius 3 is 2.10 bits per heavy atom. The highest BCUT2D eigenvalue weighted by Gasteiger charge is 2.24. The van der Waals surface area contributed by atoms with E-state index in [0.29, 0.717) is 37.2 Å². The smallest absolute Gasteiger partial charge is 0.258 e. The second kappa shape index (κ2) is 10.8. The molecule has 0 spiro atoms. The van der Waals surface area contributed by atoms with E-state index >= 15 is 0 Å². The lowest BCUT2D eigenvalue weighted by Crippen LogP contribution is -2.47. The van der Waals surface area contributed by atoms with Crippen molar-refractivity contribution in [2.45, 2.75) is 45.6 Å². The third-order valence-electron chi connectivity index (χ3n) is 5.54. The number of amides is 2. The van der Waals surface area contributed by atoms with Gasteiger partial charge in [0, 0.05) is 37.5 Å². The zero-order valence-electron chi connectivity index (χ0n) is 18.2. The Morgan fingerprint density at radius 2 is 1.48 bits per heavy atom. The first kappa shape index (κ1) is 22.5. The summed E-state index contributed by atoms with van der Waals surface area (Å²) in [6.45, 7) is 5.11. The van der Waals surface area contributed by atoms with Crippen molar-refractivity contribution < 1.29 is 19.1 Å². The fourth-order valence-corrected chi connectivity index (χ4v) is 3.59. The third kappa shape index (κ3) is 6.95. The summed E-state index contributed by atoms with van der Waals surface area (Å²) in [6, 6.07) is 15.0. The Balaban J connectivity index is 1.35. The number of carbonyl (C=O) groups is 3. The number of ether oxygens (including phenoxy) is 1. The quantitative estimate of drug-likeness (QED) is 0.661. The minimum absolute atomic E-state index is 0.00653. The van der Waals surface area contributed by atoms with Crippen molar-refractivity contribution in [3.05, 3.63) is 65.2 Å². The maximum Gasteiger partial charge on any atom is 0.258 e. The molecule has 1 saturated heterocycles. The van der Waals surface area contributed by atoms with Crippen LogP contribution in [-0.2, 0) is 9.59 Å². The van der Waals surface area contributed by atoms with Gasteiger partial charge < -0.3 is 15.0 Å². The van der Waals surface area contributed by atoms with Gasteiger partial charge in [0.15, 0.2) is 12.4 Å². The zero-order chi connectivity index (χ0) is 22.2. The number of nitrogens with one attached hydrogen (secondary N) is 1. The van der Waals surface area contributed by atoms with Gasteiger partial charge in [-0.2, -0.15) is 0 Å². The molecule has 1 N–H and O–H groups in total. The van der Waals surface area contributed by atoms with Crippen molar-refractivity contribution in [2.75, 3.05) is 19.7 Å². The number of nitrogens with zero attached hydrogens (tertiary/aromatic N) is 1. The van der Waals surface area contributed by atoms with Gasteiger partial charge in [-0.3, -0.25) is 14.4 Å². The molecule has 1 aliphatic rings. The molecule has 1 heterocycles. The summed E-state index contributed by atoms with van der Waals surface area (Å²) in [5.41, 5.74) is 2.88. The summed E-state index contributed by atoms with van der Waals surface area (Å²) in [5.74, 6) is 0.493. The summed E-state index contributed by atoms with van der Waals surface area (Å²) in [7, 11) is 0. The van der Waals surface area contributed by atoms with E-state index in [9.17, 15) is 14.4 Å². The maximum absolute atomic E-state index is 12.5. The summed E-state index contributed by atoms with van der Waals surface area (Å²) in [6.07, 6.45) is 1.84. The first-order valence-corrected chi connectivity index (χ1v) is 10.8. The lowest BCUT2D eigenvalue weighted by molar-refractivity contribution is -0.132. The maximum atomic E-state index is 12.5. The van der Waals surface area contributed by atoms with Gasteiger partial charge >= 0.3 is 0 Å². The highest BCUT2D eigenvalue weighted by atomic mass is 16.5. The number of hydrogen-bond donors (Lipinski definition) is 1. The van der Waals surface area contributed by atoms with Crippen LogP contribution in [0.5, 0.6) is 5.75 Å². The molecule has 164 valence electrons. The highest BCUT2D eigenvalue weighted by molar-refractivity contribution is 5.98. The van der Waals surface area contributed by atoms with Gasteiger partial charge in [0.2, 0.25) is 5.91 Å². The van der Waals surface area contributed by atoms with Gasteiger partial charge in [-0.05, 0) is 38.8 Å². The van der Waals surface area contributed by atoms with E-state index < -0.39 is 0 Å². The number of hydrogen-bond acceptors (Lipinski definition) is 4. The molecular formula is C25H30N2O4. The van der Waals surface area contributed by atoms with Gasteiger partial charge in [0.25, 0.3) is 5.91 Å². The summed E-state index contributed by atoms with van der Waals surface area (Å²) < 4.78 is 5.51. The van der Waals surface area contributed by atoms with E-state index in [1.165, 1.54) is 0 Å². The predicted octanol–water partition coefficient (Wildman–Crippen LogP) is 3.45. The van der Waals surface area contributed by atoms with Gasteiger partial charge in [0.05, 0.1) is 0 Å². The van der Waals surface area contributed by atoms with Gasteiger partial charge in [-0.1, -0.05) is 47.5 Å². The third-order valence-corrected chi connectivity index (χ3v) is 5.54. The Bertz CT molecular complexity index is 898. The number of benzene rings is 2. The van der Waals surface area contributed by atoms with Crippen LogP contribution in [0, 0.1) is 13.8 Å². The van der Waals surface area contributed by atoms with Crippen LogP contribution in [0.3, 0.4) is 0 Å². The Labute approximate surface area is 183 Å². The molecule has 0 unspecified atom stereocenters. The molecule has 0 saturated carbocycles. The zero-order valence-corrected chi connectivity index (χ0v) is 18.2. The van der Waals surface area contributed by atoms with Crippen LogP contribution < -0.4 is 10.1 Å². The summed E-state index contributed by atoms with van der Waals surface area (Å²) in [4.78, 5) is 38.7. The number of piperidine rings is 1. The molecule has 0 bridgehead atoms. The molecule has 2 aromatic rings. The van der Waals surface area contributed by atoms with Crippen LogP contribution in [-0.4, -0.2) is 48.2 Å². The first-order valence-electron chi connectivity index (χ1n) is 10.8.